The number of aryl methyl sites for hydroxylation is 1. The van der Waals surface area contributed by atoms with Gasteiger partial charge < -0.3 is 5.11 Å². The Hall–Kier alpha value is -0.480. The van der Waals surface area contributed by atoms with Crippen molar-refractivity contribution in [1.29, 1.82) is 0 Å². The average molecular weight is 184 g/mol. The van der Waals surface area contributed by atoms with Gasteiger partial charge in [0.2, 0.25) is 0 Å². The third-order valence-electron chi connectivity index (χ3n) is 2.12. The van der Waals surface area contributed by atoms with Crippen LogP contribution in [0.1, 0.15) is 23.7 Å². The number of hydrogen-bond acceptors (Lipinski definition) is 4. The molecular weight excluding hydrogens is 172 g/mol. The normalized spacial score (nSPS) is 19.5. The Morgan fingerprint density at radius 1 is 1.67 bits per heavy atom. The molecule has 0 saturated heterocycles. The van der Waals surface area contributed by atoms with Gasteiger partial charge >= 0.3 is 0 Å². The Kier molecular flexibility index (Phi) is 2.11. The number of aromatic nitrogens is 2. The average Bonchev–Trinajstić information content (AvgIpc) is 2.78. The molecule has 1 heterocycles. The van der Waals surface area contributed by atoms with Crippen molar-refractivity contribution in [2.45, 2.75) is 32.3 Å². The van der Waals surface area contributed by atoms with E-state index in [1.165, 1.54) is 24.4 Å². The zero-order chi connectivity index (χ0) is 8.55. The first-order valence-electron chi connectivity index (χ1n) is 4.23. The van der Waals surface area contributed by atoms with E-state index in [9.17, 15) is 5.11 Å². The van der Waals surface area contributed by atoms with Gasteiger partial charge in [0, 0.05) is 6.42 Å². The first kappa shape index (κ1) is 8.13. The van der Waals surface area contributed by atoms with E-state index in [-0.39, 0.29) is 6.10 Å². The van der Waals surface area contributed by atoms with Crippen molar-refractivity contribution in [1.82, 2.24) is 9.36 Å². The minimum Gasteiger partial charge on any atom is -0.392 e. The number of nitrogens with zero attached hydrogens (tertiary/aromatic N) is 2. The molecular formula is C8H12N2OS. The molecule has 1 aromatic rings. The van der Waals surface area contributed by atoms with Crippen LogP contribution < -0.4 is 0 Å². The fourth-order valence-electron chi connectivity index (χ4n) is 1.25. The molecule has 1 saturated carbocycles. The van der Waals surface area contributed by atoms with Gasteiger partial charge in [0.15, 0.2) is 0 Å². The standard InChI is InChI=1S/C8H12N2OS/c1-5-9-8(12-10-5)4-7(11)6-2-3-6/h6-7,11H,2-4H2,1H3. The predicted octanol–water partition coefficient (Wildman–Crippen LogP) is 1.16. The second-order valence-corrected chi connectivity index (χ2v) is 4.18. The fourth-order valence-corrected chi connectivity index (χ4v) is 1.95. The van der Waals surface area contributed by atoms with Crippen LogP contribution in [0.4, 0.5) is 0 Å². The van der Waals surface area contributed by atoms with Crippen molar-refractivity contribution in [3.63, 3.8) is 0 Å². The second kappa shape index (κ2) is 3.11. The van der Waals surface area contributed by atoms with Crippen LogP contribution in [0.2, 0.25) is 0 Å². The monoisotopic (exact) mass is 184 g/mol. The zero-order valence-corrected chi connectivity index (χ0v) is 7.84. The highest BCUT2D eigenvalue weighted by Crippen LogP contribution is 2.34. The molecule has 1 atom stereocenters. The lowest BCUT2D eigenvalue weighted by atomic mass is 10.2. The van der Waals surface area contributed by atoms with Gasteiger partial charge in [0.1, 0.15) is 10.8 Å². The molecule has 1 aromatic heterocycles. The van der Waals surface area contributed by atoms with Crippen LogP contribution in [-0.4, -0.2) is 20.6 Å². The van der Waals surface area contributed by atoms with Gasteiger partial charge in [0.05, 0.1) is 6.10 Å². The van der Waals surface area contributed by atoms with Gasteiger partial charge in [-0.05, 0) is 37.2 Å². The lowest BCUT2D eigenvalue weighted by Gasteiger charge is -2.04. The maximum Gasteiger partial charge on any atom is 0.139 e. The van der Waals surface area contributed by atoms with Crippen LogP contribution in [0.15, 0.2) is 0 Å². The Morgan fingerprint density at radius 3 is 2.92 bits per heavy atom. The Balaban J connectivity index is 1.93. The van der Waals surface area contributed by atoms with Gasteiger partial charge in [-0.25, -0.2) is 4.98 Å². The first-order valence-corrected chi connectivity index (χ1v) is 5.00. The maximum atomic E-state index is 9.59. The third-order valence-corrected chi connectivity index (χ3v) is 2.94. The van der Waals surface area contributed by atoms with E-state index in [0.29, 0.717) is 12.3 Å². The van der Waals surface area contributed by atoms with E-state index >= 15 is 0 Å². The lowest BCUT2D eigenvalue weighted by Crippen LogP contribution is -2.12. The number of hydrogen-bond donors (Lipinski definition) is 1. The lowest BCUT2D eigenvalue weighted by molar-refractivity contribution is 0.151. The Morgan fingerprint density at radius 2 is 2.42 bits per heavy atom. The molecule has 0 aromatic carbocycles. The molecule has 1 fully saturated rings. The molecule has 0 spiro atoms. The molecule has 1 aliphatic carbocycles. The molecule has 0 amide bonds. The summed E-state index contributed by atoms with van der Waals surface area (Å²) in [5.41, 5.74) is 0. The Bertz CT molecular complexity index is 270. The van der Waals surface area contributed by atoms with Gasteiger partial charge in [0.25, 0.3) is 0 Å². The van der Waals surface area contributed by atoms with Gasteiger partial charge in [-0.1, -0.05) is 0 Å². The molecule has 1 unspecified atom stereocenters. The van der Waals surface area contributed by atoms with E-state index in [2.05, 4.69) is 9.36 Å². The molecule has 66 valence electrons. The van der Waals surface area contributed by atoms with Crippen molar-refractivity contribution in [2.75, 3.05) is 0 Å². The first-order chi connectivity index (χ1) is 5.75. The molecule has 4 heteroatoms. The van der Waals surface area contributed by atoms with E-state index in [1.807, 2.05) is 6.92 Å². The minimum atomic E-state index is -0.183. The van der Waals surface area contributed by atoms with Crippen molar-refractivity contribution in [3.8, 4) is 0 Å². The Labute approximate surface area is 75.6 Å². The number of rotatable bonds is 3. The van der Waals surface area contributed by atoms with Crippen molar-refractivity contribution >= 4 is 11.5 Å². The molecule has 0 bridgehead atoms. The van der Waals surface area contributed by atoms with E-state index < -0.39 is 0 Å². The van der Waals surface area contributed by atoms with Gasteiger partial charge in [-0.15, -0.1) is 0 Å². The topological polar surface area (TPSA) is 46.0 Å². The molecule has 1 aliphatic rings. The highest BCUT2D eigenvalue weighted by molar-refractivity contribution is 7.05. The summed E-state index contributed by atoms with van der Waals surface area (Å²) in [6, 6.07) is 0. The van der Waals surface area contributed by atoms with Crippen LogP contribution in [0.5, 0.6) is 0 Å². The van der Waals surface area contributed by atoms with Gasteiger partial charge in [-0.3, -0.25) is 0 Å². The molecule has 3 nitrogen and oxygen atoms in total. The number of aliphatic hydroxyl groups excluding tert-OH is 1. The highest BCUT2D eigenvalue weighted by Gasteiger charge is 2.30. The van der Waals surface area contributed by atoms with Crippen LogP contribution in [0.25, 0.3) is 0 Å². The smallest absolute Gasteiger partial charge is 0.139 e. The van der Waals surface area contributed by atoms with Crippen molar-refractivity contribution < 1.29 is 5.11 Å². The quantitative estimate of drug-likeness (QED) is 0.766. The summed E-state index contributed by atoms with van der Waals surface area (Å²) in [7, 11) is 0. The van der Waals surface area contributed by atoms with E-state index in [1.54, 1.807) is 0 Å². The summed E-state index contributed by atoms with van der Waals surface area (Å²) in [5, 5.41) is 10.6. The van der Waals surface area contributed by atoms with Crippen molar-refractivity contribution in [3.05, 3.63) is 10.8 Å². The van der Waals surface area contributed by atoms with Crippen LogP contribution in [-0.2, 0) is 6.42 Å². The summed E-state index contributed by atoms with van der Waals surface area (Å²) in [6.07, 6.45) is 2.87. The fraction of sp³-hybridized carbons (Fsp3) is 0.750. The molecule has 0 aliphatic heterocycles. The van der Waals surface area contributed by atoms with Gasteiger partial charge in [-0.2, -0.15) is 4.37 Å². The summed E-state index contributed by atoms with van der Waals surface area (Å²) >= 11 is 1.40. The summed E-state index contributed by atoms with van der Waals surface area (Å²) in [4.78, 5) is 4.21. The zero-order valence-electron chi connectivity index (χ0n) is 7.03. The predicted molar refractivity (Wildman–Crippen MR) is 47.1 cm³/mol. The molecule has 2 rings (SSSR count). The van der Waals surface area contributed by atoms with Crippen LogP contribution >= 0.6 is 11.5 Å². The summed E-state index contributed by atoms with van der Waals surface area (Å²) < 4.78 is 4.07. The van der Waals surface area contributed by atoms with E-state index in [4.69, 9.17) is 0 Å². The molecule has 12 heavy (non-hydrogen) atoms. The second-order valence-electron chi connectivity index (χ2n) is 3.34. The minimum absolute atomic E-state index is 0.183. The highest BCUT2D eigenvalue weighted by atomic mass is 32.1. The SMILES string of the molecule is Cc1nsc(CC(O)C2CC2)n1. The molecule has 1 N–H and O–H groups in total. The summed E-state index contributed by atoms with van der Waals surface area (Å²) in [6.45, 7) is 1.88. The van der Waals surface area contributed by atoms with Crippen LogP contribution in [0, 0.1) is 12.8 Å². The maximum absolute atomic E-state index is 9.59. The van der Waals surface area contributed by atoms with Crippen molar-refractivity contribution in [2.24, 2.45) is 5.92 Å². The number of aliphatic hydroxyl groups is 1. The summed E-state index contributed by atoms with van der Waals surface area (Å²) in [5.74, 6) is 1.35. The van der Waals surface area contributed by atoms with E-state index in [0.717, 1.165) is 10.8 Å². The molecule has 0 radical (unpaired) electrons. The van der Waals surface area contributed by atoms with Crippen LogP contribution in [0.3, 0.4) is 0 Å². The largest absolute Gasteiger partial charge is 0.392 e. The third kappa shape index (κ3) is 1.81.